The van der Waals surface area contributed by atoms with Gasteiger partial charge in [0.25, 0.3) is 11.6 Å². The SMILES string of the molecule is COc1ccc([C@H](NC(=O)c2ccc([N+](=O)[O-])c(C)c2)C(C)C)cc1. The van der Waals surface area contributed by atoms with E-state index in [0.29, 0.717) is 11.1 Å². The van der Waals surface area contributed by atoms with Crippen molar-refractivity contribution in [2.24, 2.45) is 5.92 Å². The zero-order chi connectivity index (χ0) is 18.6. The van der Waals surface area contributed by atoms with Crippen molar-refractivity contribution in [2.45, 2.75) is 26.8 Å². The summed E-state index contributed by atoms with van der Waals surface area (Å²) in [7, 11) is 1.60. The second-order valence-corrected chi connectivity index (χ2v) is 6.23. The molecule has 25 heavy (non-hydrogen) atoms. The van der Waals surface area contributed by atoms with Gasteiger partial charge in [0.1, 0.15) is 5.75 Å². The van der Waals surface area contributed by atoms with Crippen molar-refractivity contribution in [3.8, 4) is 5.75 Å². The molecule has 0 saturated heterocycles. The number of carbonyl (C=O) groups is 1. The predicted molar refractivity (Wildman–Crippen MR) is 95.9 cm³/mol. The summed E-state index contributed by atoms with van der Waals surface area (Å²) in [4.78, 5) is 23.0. The number of benzene rings is 2. The number of amides is 1. The van der Waals surface area contributed by atoms with Gasteiger partial charge in [0.2, 0.25) is 0 Å². The van der Waals surface area contributed by atoms with Gasteiger partial charge in [0, 0.05) is 17.2 Å². The normalized spacial score (nSPS) is 11.9. The molecule has 0 fully saturated rings. The monoisotopic (exact) mass is 342 g/mol. The molecule has 6 nitrogen and oxygen atoms in total. The molecule has 0 aliphatic carbocycles. The number of nitro benzene ring substituents is 1. The smallest absolute Gasteiger partial charge is 0.272 e. The van der Waals surface area contributed by atoms with Crippen molar-refractivity contribution in [1.82, 2.24) is 5.32 Å². The van der Waals surface area contributed by atoms with E-state index >= 15 is 0 Å². The van der Waals surface area contributed by atoms with Crippen LogP contribution in [0.4, 0.5) is 5.69 Å². The van der Waals surface area contributed by atoms with Crippen LogP contribution < -0.4 is 10.1 Å². The summed E-state index contributed by atoms with van der Waals surface area (Å²) < 4.78 is 5.16. The summed E-state index contributed by atoms with van der Waals surface area (Å²) in [6.07, 6.45) is 0. The summed E-state index contributed by atoms with van der Waals surface area (Å²) in [6, 6.07) is 11.8. The maximum absolute atomic E-state index is 12.6. The van der Waals surface area contributed by atoms with E-state index in [-0.39, 0.29) is 23.6 Å². The Labute approximate surface area is 147 Å². The van der Waals surface area contributed by atoms with Crippen LogP contribution in [-0.2, 0) is 0 Å². The fourth-order valence-electron chi connectivity index (χ4n) is 2.67. The standard InChI is InChI=1S/C19H22N2O4/c1-12(2)18(14-5-8-16(25-4)9-6-14)20-19(22)15-7-10-17(21(23)24)13(3)11-15/h5-12,18H,1-4H3,(H,20,22)/t18-/m1/s1. The van der Waals surface area contributed by atoms with Crippen LogP contribution in [0.3, 0.4) is 0 Å². The van der Waals surface area contributed by atoms with Crippen molar-refractivity contribution in [2.75, 3.05) is 7.11 Å². The molecule has 132 valence electrons. The van der Waals surface area contributed by atoms with Gasteiger partial charge < -0.3 is 10.1 Å². The molecule has 6 heteroatoms. The molecule has 0 unspecified atom stereocenters. The molecule has 0 radical (unpaired) electrons. The maximum atomic E-state index is 12.6. The van der Waals surface area contributed by atoms with Gasteiger partial charge in [0.15, 0.2) is 0 Å². The number of carbonyl (C=O) groups excluding carboxylic acids is 1. The number of methoxy groups -OCH3 is 1. The molecule has 0 aliphatic heterocycles. The van der Waals surface area contributed by atoms with Crippen molar-refractivity contribution in [1.29, 1.82) is 0 Å². The van der Waals surface area contributed by atoms with E-state index < -0.39 is 4.92 Å². The molecule has 0 saturated carbocycles. The third kappa shape index (κ3) is 4.35. The summed E-state index contributed by atoms with van der Waals surface area (Å²) >= 11 is 0. The number of aryl methyl sites for hydroxylation is 1. The van der Waals surface area contributed by atoms with Crippen molar-refractivity contribution >= 4 is 11.6 Å². The number of hydrogen-bond acceptors (Lipinski definition) is 4. The maximum Gasteiger partial charge on any atom is 0.272 e. The molecule has 0 bridgehead atoms. The Balaban J connectivity index is 2.22. The first-order chi connectivity index (χ1) is 11.8. The van der Waals surface area contributed by atoms with E-state index in [4.69, 9.17) is 4.74 Å². The van der Waals surface area contributed by atoms with Gasteiger partial charge >= 0.3 is 0 Å². The van der Waals surface area contributed by atoms with E-state index in [1.165, 1.54) is 12.1 Å². The van der Waals surface area contributed by atoms with Crippen LogP contribution in [0.5, 0.6) is 5.75 Å². The van der Waals surface area contributed by atoms with Gasteiger partial charge in [-0.2, -0.15) is 0 Å². The van der Waals surface area contributed by atoms with Crippen LogP contribution in [0.1, 0.15) is 41.4 Å². The average molecular weight is 342 g/mol. The largest absolute Gasteiger partial charge is 0.497 e. The molecule has 0 spiro atoms. The highest BCUT2D eigenvalue weighted by atomic mass is 16.6. The number of nitrogens with zero attached hydrogens (tertiary/aromatic N) is 1. The Kier molecular flexibility index (Phi) is 5.75. The molecular weight excluding hydrogens is 320 g/mol. The number of rotatable bonds is 6. The topological polar surface area (TPSA) is 81.5 Å². The number of nitrogens with one attached hydrogen (secondary N) is 1. The highest BCUT2D eigenvalue weighted by Crippen LogP contribution is 2.25. The lowest BCUT2D eigenvalue weighted by Crippen LogP contribution is -2.31. The minimum absolute atomic E-state index is 0.00659. The molecule has 2 rings (SSSR count). The molecule has 1 atom stereocenters. The first kappa shape index (κ1) is 18.4. The molecule has 1 N–H and O–H groups in total. The van der Waals surface area contributed by atoms with Gasteiger partial charge in [-0.3, -0.25) is 14.9 Å². The number of ether oxygens (including phenoxy) is 1. The summed E-state index contributed by atoms with van der Waals surface area (Å²) in [6.45, 7) is 5.67. The highest BCUT2D eigenvalue weighted by Gasteiger charge is 2.20. The molecular formula is C19H22N2O4. The van der Waals surface area contributed by atoms with Crippen LogP contribution in [0.2, 0.25) is 0 Å². The van der Waals surface area contributed by atoms with E-state index in [1.54, 1.807) is 20.1 Å². The Morgan fingerprint density at radius 3 is 2.28 bits per heavy atom. The van der Waals surface area contributed by atoms with Crippen LogP contribution in [0.15, 0.2) is 42.5 Å². The second-order valence-electron chi connectivity index (χ2n) is 6.23. The minimum Gasteiger partial charge on any atom is -0.497 e. The summed E-state index contributed by atoms with van der Waals surface area (Å²) in [5, 5.41) is 13.9. The van der Waals surface area contributed by atoms with Crippen LogP contribution >= 0.6 is 0 Å². The van der Waals surface area contributed by atoms with Crippen molar-refractivity contribution in [3.63, 3.8) is 0 Å². The highest BCUT2D eigenvalue weighted by molar-refractivity contribution is 5.95. The molecule has 1 amide bonds. The zero-order valence-corrected chi connectivity index (χ0v) is 14.8. The molecule has 0 aromatic heterocycles. The fraction of sp³-hybridized carbons (Fsp3) is 0.316. The lowest BCUT2D eigenvalue weighted by Gasteiger charge is -2.23. The summed E-state index contributed by atoms with van der Waals surface area (Å²) in [5.41, 5.74) is 1.85. The van der Waals surface area contributed by atoms with Crippen molar-refractivity contribution < 1.29 is 14.5 Å². The number of nitro groups is 1. The summed E-state index contributed by atoms with van der Waals surface area (Å²) in [5.74, 6) is 0.674. The average Bonchev–Trinajstić information content (AvgIpc) is 2.58. The lowest BCUT2D eigenvalue weighted by molar-refractivity contribution is -0.385. The third-order valence-electron chi connectivity index (χ3n) is 4.08. The Morgan fingerprint density at radius 1 is 1.16 bits per heavy atom. The molecule has 2 aromatic rings. The van der Waals surface area contributed by atoms with Crippen molar-refractivity contribution in [3.05, 3.63) is 69.3 Å². The van der Waals surface area contributed by atoms with Crippen LogP contribution in [0.25, 0.3) is 0 Å². The van der Waals surface area contributed by atoms with Gasteiger partial charge in [-0.1, -0.05) is 26.0 Å². The third-order valence-corrected chi connectivity index (χ3v) is 4.08. The number of hydrogen-bond donors (Lipinski definition) is 1. The first-order valence-corrected chi connectivity index (χ1v) is 8.03. The predicted octanol–water partition coefficient (Wildman–Crippen LogP) is 4.04. The Hall–Kier alpha value is -2.89. The van der Waals surface area contributed by atoms with Crippen LogP contribution in [0, 0.1) is 23.0 Å². The first-order valence-electron chi connectivity index (χ1n) is 8.03. The zero-order valence-electron chi connectivity index (χ0n) is 14.8. The molecule has 0 heterocycles. The minimum atomic E-state index is -0.453. The lowest BCUT2D eigenvalue weighted by atomic mass is 9.95. The quantitative estimate of drug-likeness (QED) is 0.634. The second kappa shape index (κ2) is 7.79. The molecule has 0 aliphatic rings. The Bertz CT molecular complexity index is 769. The van der Waals surface area contributed by atoms with Gasteiger partial charge in [0.05, 0.1) is 18.1 Å². The van der Waals surface area contributed by atoms with Gasteiger partial charge in [-0.05, 0) is 42.7 Å². The van der Waals surface area contributed by atoms with Gasteiger partial charge in [-0.15, -0.1) is 0 Å². The van der Waals surface area contributed by atoms with Crippen LogP contribution in [-0.4, -0.2) is 17.9 Å². The van der Waals surface area contributed by atoms with E-state index in [1.807, 2.05) is 38.1 Å². The molecule has 2 aromatic carbocycles. The van der Waals surface area contributed by atoms with E-state index in [2.05, 4.69) is 5.32 Å². The van der Waals surface area contributed by atoms with Gasteiger partial charge in [-0.25, -0.2) is 0 Å². The Morgan fingerprint density at radius 2 is 1.80 bits per heavy atom. The fourth-order valence-corrected chi connectivity index (χ4v) is 2.67. The van der Waals surface area contributed by atoms with E-state index in [0.717, 1.165) is 11.3 Å². The van der Waals surface area contributed by atoms with E-state index in [9.17, 15) is 14.9 Å².